The van der Waals surface area contributed by atoms with Crippen LogP contribution in [0.3, 0.4) is 0 Å². The Kier molecular flexibility index (Phi) is 6.70. The molecular formula is C26H26N2O4. The third kappa shape index (κ3) is 5.09. The van der Waals surface area contributed by atoms with Gasteiger partial charge in [-0.05, 0) is 48.9 Å². The van der Waals surface area contributed by atoms with Crippen LogP contribution >= 0.6 is 0 Å². The van der Waals surface area contributed by atoms with Crippen molar-refractivity contribution in [2.45, 2.75) is 25.8 Å². The summed E-state index contributed by atoms with van der Waals surface area (Å²) < 4.78 is 18.5. The van der Waals surface area contributed by atoms with Crippen LogP contribution in [0.4, 0.5) is 0 Å². The molecule has 0 fully saturated rings. The summed E-state index contributed by atoms with van der Waals surface area (Å²) in [5.74, 6) is 1.94. The van der Waals surface area contributed by atoms with Gasteiger partial charge in [0.05, 0.1) is 19.4 Å². The Morgan fingerprint density at radius 2 is 1.75 bits per heavy atom. The minimum absolute atomic E-state index is 0.264. The van der Waals surface area contributed by atoms with Crippen molar-refractivity contribution in [1.82, 2.24) is 9.55 Å². The van der Waals surface area contributed by atoms with E-state index in [1.165, 1.54) is 7.11 Å². The second-order valence-corrected chi connectivity index (χ2v) is 7.50. The fourth-order valence-corrected chi connectivity index (χ4v) is 3.58. The van der Waals surface area contributed by atoms with Gasteiger partial charge in [-0.3, -0.25) is 0 Å². The zero-order chi connectivity index (χ0) is 22.3. The van der Waals surface area contributed by atoms with Crippen molar-refractivity contribution in [3.05, 3.63) is 96.1 Å². The molecule has 2 aromatic heterocycles. The van der Waals surface area contributed by atoms with Crippen LogP contribution in [0, 0.1) is 6.92 Å². The van der Waals surface area contributed by atoms with Gasteiger partial charge in [-0.1, -0.05) is 30.3 Å². The van der Waals surface area contributed by atoms with E-state index in [-0.39, 0.29) is 5.97 Å². The standard InChI is InChI=1S/C26H26N2O4/c1-19-23(27-25(32-19)21-8-4-3-5-9-21)14-17-31-22-12-10-20(11-13-22)18-24(26(29)30-2)28-15-6-7-16-28/h3-13,15-16,24H,14,17-18H2,1-2H3/t24-/m1/s1. The van der Waals surface area contributed by atoms with Gasteiger partial charge < -0.3 is 18.5 Å². The van der Waals surface area contributed by atoms with Crippen molar-refractivity contribution in [3.8, 4) is 17.2 Å². The van der Waals surface area contributed by atoms with E-state index in [0.717, 1.165) is 28.3 Å². The number of aromatic nitrogens is 2. The highest BCUT2D eigenvalue weighted by atomic mass is 16.5. The first-order valence-electron chi connectivity index (χ1n) is 10.6. The Hall–Kier alpha value is -3.80. The van der Waals surface area contributed by atoms with Crippen LogP contribution in [-0.2, 0) is 22.4 Å². The van der Waals surface area contributed by atoms with Crippen LogP contribution in [0.2, 0.25) is 0 Å². The van der Waals surface area contributed by atoms with Crippen LogP contribution in [0.15, 0.2) is 83.5 Å². The van der Waals surface area contributed by atoms with Gasteiger partial charge in [0.15, 0.2) is 0 Å². The predicted octanol–water partition coefficient (Wildman–Crippen LogP) is 5.03. The Balaban J connectivity index is 1.33. The van der Waals surface area contributed by atoms with Crippen molar-refractivity contribution in [2.24, 2.45) is 0 Å². The molecule has 2 heterocycles. The van der Waals surface area contributed by atoms with Crippen LogP contribution < -0.4 is 4.74 Å². The molecule has 0 aliphatic heterocycles. The number of hydrogen-bond donors (Lipinski definition) is 0. The van der Waals surface area contributed by atoms with E-state index in [2.05, 4.69) is 4.98 Å². The Labute approximate surface area is 187 Å². The maximum Gasteiger partial charge on any atom is 0.329 e. The molecule has 1 atom stereocenters. The van der Waals surface area contributed by atoms with E-state index >= 15 is 0 Å². The minimum Gasteiger partial charge on any atom is -0.493 e. The first kappa shape index (κ1) is 21.4. The van der Waals surface area contributed by atoms with Gasteiger partial charge in [0, 0.05) is 30.8 Å². The zero-order valence-electron chi connectivity index (χ0n) is 18.2. The van der Waals surface area contributed by atoms with Crippen molar-refractivity contribution < 1.29 is 18.7 Å². The molecule has 0 aliphatic rings. The lowest BCUT2D eigenvalue weighted by molar-refractivity contribution is -0.144. The van der Waals surface area contributed by atoms with Crippen molar-refractivity contribution >= 4 is 5.97 Å². The fraction of sp³-hybridized carbons (Fsp3) is 0.231. The van der Waals surface area contributed by atoms with Gasteiger partial charge in [0.25, 0.3) is 0 Å². The van der Waals surface area contributed by atoms with Crippen molar-refractivity contribution in [3.63, 3.8) is 0 Å². The van der Waals surface area contributed by atoms with Gasteiger partial charge in [-0.25, -0.2) is 9.78 Å². The number of carbonyl (C=O) groups is 1. The molecule has 4 rings (SSSR count). The number of hydrogen-bond acceptors (Lipinski definition) is 5. The highest BCUT2D eigenvalue weighted by Crippen LogP contribution is 2.23. The number of benzene rings is 2. The molecule has 4 aromatic rings. The summed E-state index contributed by atoms with van der Waals surface area (Å²) in [7, 11) is 1.41. The highest BCUT2D eigenvalue weighted by Gasteiger charge is 2.20. The summed E-state index contributed by atoms with van der Waals surface area (Å²) >= 11 is 0. The molecule has 6 heteroatoms. The first-order chi connectivity index (χ1) is 15.6. The maximum atomic E-state index is 12.2. The molecule has 0 saturated heterocycles. The van der Waals surface area contributed by atoms with Crippen LogP contribution in [0.25, 0.3) is 11.5 Å². The van der Waals surface area contributed by atoms with Crippen LogP contribution in [0.1, 0.15) is 23.1 Å². The number of esters is 1. The molecule has 6 nitrogen and oxygen atoms in total. The summed E-state index contributed by atoms with van der Waals surface area (Å²) in [6, 6.07) is 21.1. The van der Waals surface area contributed by atoms with Crippen LogP contribution in [0.5, 0.6) is 5.75 Å². The number of oxazole rings is 1. The first-order valence-corrected chi connectivity index (χ1v) is 10.6. The number of aryl methyl sites for hydroxylation is 1. The van der Waals surface area contributed by atoms with Gasteiger partial charge in [-0.15, -0.1) is 0 Å². The molecule has 0 radical (unpaired) electrons. The van der Waals surface area contributed by atoms with Gasteiger partial charge in [0.1, 0.15) is 17.6 Å². The molecular weight excluding hydrogens is 404 g/mol. The lowest BCUT2D eigenvalue weighted by atomic mass is 10.1. The summed E-state index contributed by atoms with van der Waals surface area (Å²) in [4.78, 5) is 16.8. The molecule has 0 unspecified atom stereocenters. The normalized spacial score (nSPS) is 11.8. The molecule has 164 valence electrons. The number of rotatable bonds is 9. The summed E-state index contributed by atoms with van der Waals surface area (Å²) in [5, 5.41) is 0. The second kappa shape index (κ2) is 10.0. The fourth-order valence-electron chi connectivity index (χ4n) is 3.58. The number of nitrogens with zero attached hydrogens (tertiary/aromatic N) is 2. The van der Waals surface area contributed by atoms with Gasteiger partial charge in [-0.2, -0.15) is 0 Å². The minimum atomic E-state index is -0.393. The summed E-state index contributed by atoms with van der Waals surface area (Å²) in [6.45, 7) is 2.42. The van der Waals surface area contributed by atoms with E-state index in [0.29, 0.717) is 25.3 Å². The number of carbonyl (C=O) groups excluding carboxylic acids is 1. The SMILES string of the molecule is COC(=O)[C@@H](Cc1ccc(OCCc2nc(-c3ccccc3)oc2C)cc1)n1cccc1. The van der Waals surface area contributed by atoms with Crippen molar-refractivity contribution in [1.29, 1.82) is 0 Å². The molecule has 32 heavy (non-hydrogen) atoms. The molecule has 2 aromatic carbocycles. The number of methoxy groups -OCH3 is 1. The maximum absolute atomic E-state index is 12.2. The molecule has 0 aliphatic carbocycles. The van der Waals surface area contributed by atoms with E-state index in [1.807, 2.05) is 90.6 Å². The van der Waals surface area contributed by atoms with Gasteiger partial charge >= 0.3 is 5.97 Å². The monoisotopic (exact) mass is 430 g/mol. The average molecular weight is 431 g/mol. The average Bonchev–Trinajstić information content (AvgIpc) is 3.49. The Morgan fingerprint density at radius 1 is 1.03 bits per heavy atom. The highest BCUT2D eigenvalue weighted by molar-refractivity contribution is 5.74. The summed E-state index contributed by atoms with van der Waals surface area (Å²) in [6.07, 6.45) is 4.94. The predicted molar refractivity (Wildman–Crippen MR) is 122 cm³/mol. The Bertz CT molecular complexity index is 1130. The molecule has 0 N–H and O–H groups in total. The topological polar surface area (TPSA) is 66.5 Å². The van der Waals surface area contributed by atoms with E-state index in [9.17, 15) is 4.79 Å². The van der Waals surface area contributed by atoms with Crippen molar-refractivity contribution in [2.75, 3.05) is 13.7 Å². The third-order valence-electron chi connectivity index (χ3n) is 5.33. The van der Waals surface area contributed by atoms with E-state index < -0.39 is 6.04 Å². The van der Waals surface area contributed by atoms with E-state index in [4.69, 9.17) is 13.9 Å². The van der Waals surface area contributed by atoms with Crippen LogP contribution in [-0.4, -0.2) is 29.2 Å². The lowest BCUT2D eigenvalue weighted by Gasteiger charge is -2.17. The molecule has 0 spiro atoms. The summed E-state index contributed by atoms with van der Waals surface area (Å²) in [5.41, 5.74) is 2.89. The quantitative estimate of drug-likeness (QED) is 0.349. The smallest absolute Gasteiger partial charge is 0.329 e. The van der Waals surface area contributed by atoms with Gasteiger partial charge in [0.2, 0.25) is 5.89 Å². The number of ether oxygens (including phenoxy) is 2. The van der Waals surface area contributed by atoms with E-state index in [1.54, 1.807) is 0 Å². The third-order valence-corrected chi connectivity index (χ3v) is 5.33. The zero-order valence-corrected chi connectivity index (χ0v) is 18.2. The second-order valence-electron chi connectivity index (χ2n) is 7.50. The Morgan fingerprint density at radius 3 is 2.44 bits per heavy atom. The molecule has 0 saturated carbocycles. The molecule has 0 bridgehead atoms. The lowest BCUT2D eigenvalue weighted by Crippen LogP contribution is -2.22. The molecule has 0 amide bonds. The largest absolute Gasteiger partial charge is 0.493 e.